The van der Waals surface area contributed by atoms with E-state index in [9.17, 15) is 4.79 Å². The van der Waals surface area contributed by atoms with Gasteiger partial charge in [0, 0.05) is 22.2 Å². The number of aryl methyl sites for hydroxylation is 1. The predicted octanol–water partition coefficient (Wildman–Crippen LogP) is 5.84. The second-order valence-electron chi connectivity index (χ2n) is 9.15. The van der Waals surface area contributed by atoms with E-state index in [1.54, 1.807) is 21.6 Å². The van der Waals surface area contributed by atoms with Gasteiger partial charge in [-0.25, -0.2) is 14.6 Å². The molecule has 3 aromatic heterocycles. The van der Waals surface area contributed by atoms with Crippen molar-refractivity contribution >= 4 is 34.4 Å². The quantitative estimate of drug-likeness (QED) is 0.305. The van der Waals surface area contributed by atoms with Gasteiger partial charge in [-0.15, -0.1) is 0 Å². The van der Waals surface area contributed by atoms with Crippen LogP contribution in [0.2, 0.25) is 5.02 Å². The number of ether oxygens (including phenoxy) is 1. The van der Waals surface area contributed by atoms with Crippen molar-refractivity contribution in [3.8, 4) is 23.0 Å². The first-order valence-electron chi connectivity index (χ1n) is 12.2. The highest BCUT2D eigenvalue weighted by molar-refractivity contribution is 6.30. The second kappa shape index (κ2) is 9.07. The lowest BCUT2D eigenvalue weighted by molar-refractivity contribution is -0.116. The van der Waals surface area contributed by atoms with Crippen molar-refractivity contribution < 1.29 is 9.53 Å². The maximum atomic E-state index is 13.9. The molecule has 9 nitrogen and oxygen atoms in total. The molecule has 10 heteroatoms. The molecule has 0 unspecified atom stereocenters. The molecule has 6 aromatic rings. The van der Waals surface area contributed by atoms with Crippen LogP contribution in [0.25, 0.3) is 22.5 Å². The van der Waals surface area contributed by atoms with Gasteiger partial charge in [-0.05, 0) is 37.3 Å². The van der Waals surface area contributed by atoms with Crippen LogP contribution in [0.3, 0.4) is 0 Å². The summed E-state index contributed by atoms with van der Waals surface area (Å²) in [6.07, 6.45) is 3.13. The molecular formula is C29H20ClN7O2. The number of anilines is 1. The fourth-order valence-corrected chi connectivity index (χ4v) is 5.12. The summed E-state index contributed by atoms with van der Waals surface area (Å²) in [5.41, 5.74) is 3.66. The molecule has 0 saturated carbocycles. The number of para-hydroxylation sites is 2. The van der Waals surface area contributed by atoms with Crippen LogP contribution in [-0.2, 0) is 4.79 Å². The topological polar surface area (TPSA) is 99.7 Å². The Kier molecular flexibility index (Phi) is 5.38. The number of carbonyl (C=O) groups is 1. The summed E-state index contributed by atoms with van der Waals surface area (Å²) in [6.45, 7) is 1.86. The van der Waals surface area contributed by atoms with Crippen LogP contribution in [0.1, 0.15) is 22.7 Å². The van der Waals surface area contributed by atoms with E-state index in [0.717, 1.165) is 16.8 Å². The molecule has 39 heavy (non-hydrogen) atoms. The maximum absolute atomic E-state index is 13.9. The Morgan fingerprint density at radius 3 is 2.41 bits per heavy atom. The van der Waals surface area contributed by atoms with Gasteiger partial charge in [0.15, 0.2) is 11.5 Å². The molecule has 1 N–H and O–H groups in total. The largest absolute Gasteiger partial charge is 0.457 e. The van der Waals surface area contributed by atoms with E-state index < -0.39 is 5.92 Å². The zero-order valence-electron chi connectivity index (χ0n) is 20.6. The number of halogens is 1. The zero-order chi connectivity index (χ0) is 26.5. The van der Waals surface area contributed by atoms with Crippen LogP contribution < -0.4 is 10.1 Å². The van der Waals surface area contributed by atoms with Gasteiger partial charge < -0.3 is 10.1 Å². The Labute approximate surface area is 227 Å². The third-order valence-corrected chi connectivity index (χ3v) is 6.86. The van der Waals surface area contributed by atoms with Gasteiger partial charge in [0.05, 0.1) is 28.9 Å². The van der Waals surface area contributed by atoms with Gasteiger partial charge in [0.1, 0.15) is 23.6 Å². The normalized spacial score (nSPS) is 12.6. The maximum Gasteiger partial charge on any atom is 0.237 e. The number of hydrogen-bond donors (Lipinski definition) is 1. The minimum absolute atomic E-state index is 0.209. The minimum atomic E-state index is -0.564. The van der Waals surface area contributed by atoms with Crippen molar-refractivity contribution in [2.24, 2.45) is 0 Å². The van der Waals surface area contributed by atoms with E-state index in [4.69, 9.17) is 16.3 Å². The number of hydrogen-bond acceptors (Lipinski definition) is 6. The summed E-state index contributed by atoms with van der Waals surface area (Å²) < 4.78 is 9.37. The number of amides is 1. The first kappa shape index (κ1) is 23.1. The van der Waals surface area contributed by atoms with E-state index in [0.29, 0.717) is 44.9 Å². The highest BCUT2D eigenvalue weighted by atomic mass is 35.5. The molecule has 0 spiro atoms. The molecule has 3 aromatic carbocycles. The van der Waals surface area contributed by atoms with Crippen molar-refractivity contribution in [3.63, 3.8) is 0 Å². The SMILES string of the molecule is Cc1cc(NC(=O)C2c3ccccc3Oc3ccccc32)n(-c2ncnc3c2cnn3-c2cccc(Cl)c2)n1. The lowest BCUT2D eigenvalue weighted by Gasteiger charge is -2.27. The van der Waals surface area contributed by atoms with Crippen molar-refractivity contribution in [2.75, 3.05) is 5.32 Å². The molecule has 0 radical (unpaired) electrons. The molecule has 0 atom stereocenters. The average molecular weight is 534 g/mol. The smallest absolute Gasteiger partial charge is 0.237 e. The Morgan fingerprint density at radius 2 is 1.67 bits per heavy atom. The van der Waals surface area contributed by atoms with Gasteiger partial charge in [0.25, 0.3) is 0 Å². The summed E-state index contributed by atoms with van der Waals surface area (Å²) in [4.78, 5) is 22.9. The number of nitrogens with one attached hydrogen (secondary N) is 1. The highest BCUT2D eigenvalue weighted by Gasteiger charge is 2.33. The molecule has 1 amide bonds. The molecule has 0 fully saturated rings. The first-order valence-corrected chi connectivity index (χ1v) is 12.6. The molecule has 190 valence electrons. The van der Waals surface area contributed by atoms with Gasteiger partial charge >= 0.3 is 0 Å². The van der Waals surface area contributed by atoms with E-state index in [-0.39, 0.29) is 5.91 Å². The van der Waals surface area contributed by atoms with E-state index in [1.165, 1.54) is 6.33 Å². The monoisotopic (exact) mass is 533 g/mol. The fraction of sp³-hybridized carbons (Fsp3) is 0.0690. The van der Waals surface area contributed by atoms with Crippen molar-refractivity contribution in [3.05, 3.63) is 113 Å². The zero-order valence-corrected chi connectivity index (χ0v) is 21.4. The number of nitrogens with zero attached hydrogens (tertiary/aromatic N) is 6. The number of benzene rings is 3. The van der Waals surface area contributed by atoms with Crippen molar-refractivity contribution in [1.29, 1.82) is 0 Å². The van der Waals surface area contributed by atoms with E-state index in [1.807, 2.05) is 79.7 Å². The molecule has 0 bridgehead atoms. The summed E-state index contributed by atoms with van der Waals surface area (Å²) >= 11 is 6.20. The molecule has 0 aliphatic carbocycles. The molecular weight excluding hydrogens is 514 g/mol. The summed E-state index contributed by atoms with van der Waals surface area (Å²) in [7, 11) is 0. The molecule has 0 saturated heterocycles. The Morgan fingerprint density at radius 1 is 0.923 bits per heavy atom. The van der Waals surface area contributed by atoms with Gasteiger partial charge in [0.2, 0.25) is 5.91 Å². The third-order valence-electron chi connectivity index (χ3n) is 6.62. The Hall–Kier alpha value is -5.02. The lowest BCUT2D eigenvalue weighted by atomic mass is 9.87. The minimum Gasteiger partial charge on any atom is -0.457 e. The molecule has 1 aliphatic rings. The highest BCUT2D eigenvalue weighted by Crippen LogP contribution is 2.44. The van der Waals surface area contributed by atoms with Crippen LogP contribution in [0.5, 0.6) is 11.5 Å². The number of carbonyl (C=O) groups excluding carboxylic acids is 1. The summed E-state index contributed by atoms with van der Waals surface area (Å²) in [5, 5.41) is 13.5. The van der Waals surface area contributed by atoms with Crippen LogP contribution in [0, 0.1) is 6.92 Å². The molecule has 7 rings (SSSR count). The summed E-state index contributed by atoms with van der Waals surface area (Å²) in [6, 6.07) is 24.3. The standard InChI is InChI=1S/C29H20ClN7O2/c1-17-13-25(34-29(38)26-20-9-2-4-11-23(20)39-24-12-5-3-10-21(24)26)37(35-17)28-22-15-33-36(27(22)31-16-32-28)19-8-6-7-18(30)14-19/h2-16,26H,1H3,(H,34,38). The first-order chi connectivity index (χ1) is 19.1. The lowest BCUT2D eigenvalue weighted by Crippen LogP contribution is -2.26. The predicted molar refractivity (Wildman–Crippen MR) is 147 cm³/mol. The third kappa shape index (κ3) is 3.91. The van der Waals surface area contributed by atoms with Crippen LogP contribution in [0.15, 0.2) is 91.4 Å². The van der Waals surface area contributed by atoms with Gasteiger partial charge in [-0.2, -0.15) is 14.9 Å². The van der Waals surface area contributed by atoms with Crippen LogP contribution in [0.4, 0.5) is 5.82 Å². The fourth-order valence-electron chi connectivity index (χ4n) is 4.94. The van der Waals surface area contributed by atoms with Gasteiger partial charge in [-0.1, -0.05) is 54.1 Å². The number of fused-ring (bicyclic) bond motifs is 3. The Bertz CT molecular complexity index is 1850. The van der Waals surface area contributed by atoms with Crippen molar-refractivity contribution in [2.45, 2.75) is 12.8 Å². The molecule has 4 heterocycles. The number of rotatable bonds is 4. The van der Waals surface area contributed by atoms with Crippen LogP contribution >= 0.6 is 11.6 Å². The van der Waals surface area contributed by atoms with Crippen LogP contribution in [-0.4, -0.2) is 35.4 Å². The van der Waals surface area contributed by atoms with E-state index in [2.05, 4.69) is 25.5 Å². The Balaban J connectivity index is 1.29. The second-order valence-corrected chi connectivity index (χ2v) is 9.59. The van der Waals surface area contributed by atoms with Gasteiger partial charge in [-0.3, -0.25) is 4.79 Å². The summed E-state index contributed by atoms with van der Waals surface area (Å²) in [5.74, 6) is 1.52. The number of aromatic nitrogens is 6. The average Bonchev–Trinajstić information content (AvgIpc) is 3.54. The van der Waals surface area contributed by atoms with Crippen molar-refractivity contribution in [1.82, 2.24) is 29.5 Å². The van der Waals surface area contributed by atoms with E-state index >= 15 is 0 Å². The molecule has 1 aliphatic heterocycles.